The third-order valence-corrected chi connectivity index (χ3v) is 2.96. The van der Waals surface area contributed by atoms with E-state index in [2.05, 4.69) is 31.1 Å². The van der Waals surface area contributed by atoms with E-state index >= 15 is 0 Å². The summed E-state index contributed by atoms with van der Waals surface area (Å²) in [6.45, 7) is 8.19. The van der Waals surface area contributed by atoms with Gasteiger partial charge in [-0.1, -0.05) is 6.92 Å². The van der Waals surface area contributed by atoms with Crippen molar-refractivity contribution in [2.75, 3.05) is 26.7 Å². The molecular weight excluding hydrogens is 160 g/mol. The Morgan fingerprint density at radius 2 is 2.31 bits per heavy atom. The molecule has 1 heterocycles. The van der Waals surface area contributed by atoms with Crippen LogP contribution in [0.4, 0.5) is 0 Å². The molecule has 0 aromatic carbocycles. The molecule has 0 spiro atoms. The van der Waals surface area contributed by atoms with Gasteiger partial charge < -0.3 is 10.2 Å². The van der Waals surface area contributed by atoms with Crippen molar-refractivity contribution in [3.8, 4) is 0 Å². The zero-order valence-electron chi connectivity index (χ0n) is 9.34. The lowest BCUT2D eigenvalue weighted by molar-refractivity contribution is 0.192. The lowest BCUT2D eigenvalue weighted by Gasteiger charge is -2.31. The van der Waals surface area contributed by atoms with Gasteiger partial charge in [0.05, 0.1) is 0 Å². The Labute approximate surface area is 82.7 Å². The summed E-state index contributed by atoms with van der Waals surface area (Å²) in [4.78, 5) is 2.47. The van der Waals surface area contributed by atoms with E-state index < -0.39 is 0 Å². The van der Waals surface area contributed by atoms with Crippen molar-refractivity contribution in [1.29, 1.82) is 0 Å². The molecule has 1 fully saturated rings. The predicted octanol–water partition coefficient (Wildman–Crippen LogP) is 1.72. The van der Waals surface area contributed by atoms with E-state index in [-0.39, 0.29) is 0 Å². The molecule has 78 valence electrons. The first-order chi connectivity index (χ1) is 6.22. The number of hydrogen-bond acceptors (Lipinski definition) is 2. The van der Waals surface area contributed by atoms with Crippen molar-refractivity contribution in [1.82, 2.24) is 10.2 Å². The molecule has 2 unspecified atom stereocenters. The van der Waals surface area contributed by atoms with Gasteiger partial charge in [0.25, 0.3) is 0 Å². The highest BCUT2D eigenvalue weighted by Gasteiger charge is 2.18. The minimum atomic E-state index is 0.696. The van der Waals surface area contributed by atoms with Crippen molar-refractivity contribution >= 4 is 0 Å². The van der Waals surface area contributed by atoms with Crippen LogP contribution in [0.25, 0.3) is 0 Å². The minimum absolute atomic E-state index is 0.696. The van der Waals surface area contributed by atoms with Crippen LogP contribution in [0.3, 0.4) is 0 Å². The molecule has 0 radical (unpaired) electrons. The second-order valence-corrected chi connectivity index (χ2v) is 4.46. The van der Waals surface area contributed by atoms with Crippen LogP contribution in [0.1, 0.15) is 33.1 Å². The topological polar surface area (TPSA) is 15.3 Å². The summed E-state index contributed by atoms with van der Waals surface area (Å²) in [7, 11) is 2.24. The molecular formula is C11H24N2. The van der Waals surface area contributed by atoms with Gasteiger partial charge in [-0.05, 0) is 52.2 Å². The fourth-order valence-corrected chi connectivity index (χ4v) is 2.40. The van der Waals surface area contributed by atoms with Gasteiger partial charge in [-0.3, -0.25) is 0 Å². The number of piperidine rings is 1. The van der Waals surface area contributed by atoms with Gasteiger partial charge in [0.1, 0.15) is 0 Å². The summed E-state index contributed by atoms with van der Waals surface area (Å²) in [6.07, 6.45) is 4.16. The van der Waals surface area contributed by atoms with Gasteiger partial charge in [-0.15, -0.1) is 0 Å². The summed E-state index contributed by atoms with van der Waals surface area (Å²) in [5.74, 6) is 0.924. The molecule has 0 saturated carbocycles. The highest BCUT2D eigenvalue weighted by Crippen LogP contribution is 2.19. The van der Waals surface area contributed by atoms with Gasteiger partial charge >= 0.3 is 0 Å². The number of likely N-dealkylation sites (tertiary alicyclic amines) is 1. The van der Waals surface area contributed by atoms with E-state index in [9.17, 15) is 0 Å². The van der Waals surface area contributed by atoms with E-state index in [0.717, 1.165) is 12.5 Å². The molecule has 13 heavy (non-hydrogen) atoms. The zero-order valence-corrected chi connectivity index (χ0v) is 9.34. The molecule has 0 amide bonds. The Hall–Kier alpha value is -0.0800. The monoisotopic (exact) mass is 184 g/mol. The van der Waals surface area contributed by atoms with Crippen molar-refractivity contribution < 1.29 is 0 Å². The normalized spacial score (nSPS) is 27.5. The van der Waals surface area contributed by atoms with Crippen LogP contribution in [0, 0.1) is 5.92 Å². The maximum absolute atomic E-state index is 3.49. The maximum Gasteiger partial charge on any atom is 0.00417 e. The summed E-state index contributed by atoms with van der Waals surface area (Å²) >= 11 is 0. The van der Waals surface area contributed by atoms with Crippen molar-refractivity contribution in [2.24, 2.45) is 5.92 Å². The van der Waals surface area contributed by atoms with E-state index in [0.29, 0.717) is 6.04 Å². The smallest absolute Gasteiger partial charge is 0.00417 e. The second kappa shape index (κ2) is 5.61. The standard InChI is InChI=1S/C11H24N2/c1-4-12-10(2)8-11-6-5-7-13(3)9-11/h10-12H,4-9H2,1-3H3. The maximum atomic E-state index is 3.49. The van der Waals surface area contributed by atoms with Crippen LogP contribution < -0.4 is 5.32 Å². The van der Waals surface area contributed by atoms with Crippen LogP contribution in [-0.2, 0) is 0 Å². The third kappa shape index (κ3) is 4.10. The van der Waals surface area contributed by atoms with Crippen LogP contribution in [-0.4, -0.2) is 37.6 Å². The molecule has 1 saturated heterocycles. The summed E-state index contributed by atoms with van der Waals surface area (Å²) in [5.41, 5.74) is 0. The van der Waals surface area contributed by atoms with Gasteiger partial charge in [-0.25, -0.2) is 0 Å². The first kappa shape index (κ1) is 11.0. The molecule has 2 atom stereocenters. The van der Waals surface area contributed by atoms with Gasteiger partial charge in [0.2, 0.25) is 0 Å². The minimum Gasteiger partial charge on any atom is -0.315 e. The third-order valence-electron chi connectivity index (χ3n) is 2.96. The molecule has 1 rings (SSSR count). The molecule has 0 aromatic rings. The summed E-state index contributed by atoms with van der Waals surface area (Å²) < 4.78 is 0. The van der Waals surface area contributed by atoms with Gasteiger partial charge in [-0.2, -0.15) is 0 Å². The number of hydrogen-bond donors (Lipinski definition) is 1. The molecule has 0 bridgehead atoms. The van der Waals surface area contributed by atoms with Gasteiger partial charge in [0.15, 0.2) is 0 Å². The first-order valence-electron chi connectivity index (χ1n) is 5.64. The molecule has 0 aromatic heterocycles. The average molecular weight is 184 g/mol. The van der Waals surface area contributed by atoms with E-state index in [1.165, 1.54) is 32.4 Å². The average Bonchev–Trinajstić information content (AvgIpc) is 2.04. The van der Waals surface area contributed by atoms with Crippen LogP contribution in [0.5, 0.6) is 0 Å². The quantitative estimate of drug-likeness (QED) is 0.715. The number of rotatable bonds is 4. The Balaban J connectivity index is 2.19. The Kier molecular flexibility index (Phi) is 4.74. The fraction of sp³-hybridized carbons (Fsp3) is 1.00. The Morgan fingerprint density at radius 1 is 1.54 bits per heavy atom. The van der Waals surface area contributed by atoms with Crippen molar-refractivity contribution in [3.05, 3.63) is 0 Å². The Morgan fingerprint density at radius 3 is 2.92 bits per heavy atom. The first-order valence-corrected chi connectivity index (χ1v) is 5.64. The molecule has 2 heteroatoms. The zero-order chi connectivity index (χ0) is 9.68. The molecule has 1 aliphatic heterocycles. The van der Waals surface area contributed by atoms with E-state index in [4.69, 9.17) is 0 Å². The largest absolute Gasteiger partial charge is 0.315 e. The van der Waals surface area contributed by atoms with E-state index in [1.807, 2.05) is 0 Å². The lowest BCUT2D eigenvalue weighted by Crippen LogP contribution is -2.36. The predicted molar refractivity (Wildman–Crippen MR) is 58.0 cm³/mol. The summed E-state index contributed by atoms with van der Waals surface area (Å²) in [5, 5.41) is 3.49. The fourth-order valence-electron chi connectivity index (χ4n) is 2.40. The van der Waals surface area contributed by atoms with Crippen LogP contribution in [0.2, 0.25) is 0 Å². The molecule has 0 aliphatic carbocycles. The van der Waals surface area contributed by atoms with Crippen LogP contribution >= 0.6 is 0 Å². The van der Waals surface area contributed by atoms with Crippen LogP contribution in [0.15, 0.2) is 0 Å². The summed E-state index contributed by atoms with van der Waals surface area (Å²) in [6, 6.07) is 0.696. The van der Waals surface area contributed by atoms with Crippen molar-refractivity contribution in [3.63, 3.8) is 0 Å². The molecule has 2 nitrogen and oxygen atoms in total. The molecule has 1 aliphatic rings. The second-order valence-electron chi connectivity index (χ2n) is 4.46. The van der Waals surface area contributed by atoms with E-state index in [1.54, 1.807) is 0 Å². The highest BCUT2D eigenvalue weighted by atomic mass is 15.1. The highest BCUT2D eigenvalue weighted by molar-refractivity contribution is 4.74. The molecule has 1 N–H and O–H groups in total. The Bertz CT molecular complexity index is 136. The van der Waals surface area contributed by atoms with Crippen molar-refractivity contribution in [2.45, 2.75) is 39.2 Å². The lowest BCUT2D eigenvalue weighted by atomic mass is 9.92. The number of nitrogens with zero attached hydrogens (tertiary/aromatic N) is 1. The SMILES string of the molecule is CCNC(C)CC1CCCN(C)C1. The van der Waals surface area contributed by atoms with Gasteiger partial charge in [0, 0.05) is 12.6 Å². The number of nitrogens with one attached hydrogen (secondary N) is 1.